The number of pyridine rings is 1. The molecule has 0 aliphatic rings. The van der Waals surface area contributed by atoms with Gasteiger partial charge in [-0.1, -0.05) is 0 Å². The highest BCUT2D eigenvalue weighted by atomic mass is 15.0. The molecule has 0 bridgehead atoms. The van der Waals surface area contributed by atoms with E-state index in [0.29, 0.717) is 13.0 Å². The molecular formula is C14H15N5. The van der Waals surface area contributed by atoms with Crippen LogP contribution in [0.1, 0.15) is 5.82 Å². The fourth-order valence-electron chi connectivity index (χ4n) is 2.15. The summed E-state index contributed by atoms with van der Waals surface area (Å²) in [7, 11) is 1.98. The van der Waals surface area contributed by atoms with Gasteiger partial charge in [0.1, 0.15) is 11.5 Å². The maximum absolute atomic E-state index is 5.61. The number of hydrogen-bond donors (Lipinski definition) is 1. The van der Waals surface area contributed by atoms with Crippen LogP contribution < -0.4 is 5.73 Å². The van der Waals surface area contributed by atoms with E-state index in [1.54, 1.807) is 6.20 Å². The zero-order valence-corrected chi connectivity index (χ0v) is 10.7. The van der Waals surface area contributed by atoms with Gasteiger partial charge < -0.3 is 10.3 Å². The number of fused-ring (bicyclic) bond motifs is 1. The van der Waals surface area contributed by atoms with E-state index in [2.05, 4.69) is 15.0 Å². The van der Waals surface area contributed by atoms with Crippen LogP contribution in [-0.4, -0.2) is 26.1 Å². The van der Waals surface area contributed by atoms with E-state index in [-0.39, 0.29) is 0 Å². The van der Waals surface area contributed by atoms with Gasteiger partial charge in [-0.05, 0) is 24.7 Å². The molecule has 3 aromatic rings. The van der Waals surface area contributed by atoms with Crippen molar-refractivity contribution in [1.29, 1.82) is 0 Å². The summed E-state index contributed by atoms with van der Waals surface area (Å²) in [5, 5.41) is 1.04. The number of aromatic nitrogens is 4. The second kappa shape index (κ2) is 4.78. The molecule has 3 rings (SSSR count). The zero-order chi connectivity index (χ0) is 13.2. The van der Waals surface area contributed by atoms with Crippen LogP contribution in [0.4, 0.5) is 0 Å². The standard InChI is InChI=1S/C14H15N5/c1-19-8-5-11-13(10-3-2-7-16-9-10)17-12(4-6-15)18-14(11)19/h2-3,5,7-9H,4,6,15H2,1H3. The van der Waals surface area contributed by atoms with E-state index in [1.807, 2.05) is 42.2 Å². The second-order valence-corrected chi connectivity index (χ2v) is 4.43. The summed E-state index contributed by atoms with van der Waals surface area (Å²) in [5.74, 6) is 0.774. The van der Waals surface area contributed by atoms with Gasteiger partial charge in [-0.2, -0.15) is 0 Å². The largest absolute Gasteiger partial charge is 0.335 e. The SMILES string of the molecule is Cn1ccc2c(-c3cccnc3)nc(CCN)nc21. The molecule has 2 N–H and O–H groups in total. The normalized spacial score (nSPS) is 11.1. The van der Waals surface area contributed by atoms with E-state index < -0.39 is 0 Å². The van der Waals surface area contributed by atoms with Crippen molar-refractivity contribution in [1.82, 2.24) is 19.5 Å². The van der Waals surface area contributed by atoms with E-state index >= 15 is 0 Å². The Bertz CT molecular complexity index is 702. The van der Waals surface area contributed by atoms with Crippen LogP contribution in [0.2, 0.25) is 0 Å². The molecule has 0 fully saturated rings. The lowest BCUT2D eigenvalue weighted by molar-refractivity contribution is 0.861. The predicted octanol–water partition coefficient (Wildman–Crippen LogP) is 1.53. The third kappa shape index (κ3) is 2.08. The molecule has 0 aliphatic carbocycles. The first kappa shape index (κ1) is 11.8. The molecule has 3 heterocycles. The third-order valence-corrected chi connectivity index (χ3v) is 3.07. The summed E-state index contributed by atoms with van der Waals surface area (Å²) in [4.78, 5) is 13.4. The first-order valence-corrected chi connectivity index (χ1v) is 6.22. The van der Waals surface area contributed by atoms with Gasteiger partial charge in [0.05, 0.1) is 5.69 Å². The molecule has 5 nitrogen and oxygen atoms in total. The summed E-state index contributed by atoms with van der Waals surface area (Å²) in [5.41, 5.74) is 8.45. The van der Waals surface area contributed by atoms with Gasteiger partial charge in [-0.25, -0.2) is 9.97 Å². The maximum atomic E-state index is 5.61. The quantitative estimate of drug-likeness (QED) is 0.768. The van der Waals surface area contributed by atoms with Gasteiger partial charge in [0.25, 0.3) is 0 Å². The van der Waals surface area contributed by atoms with Gasteiger partial charge >= 0.3 is 0 Å². The van der Waals surface area contributed by atoms with Crippen LogP contribution >= 0.6 is 0 Å². The summed E-state index contributed by atoms with van der Waals surface area (Å²) in [6.45, 7) is 0.544. The lowest BCUT2D eigenvalue weighted by atomic mass is 10.1. The third-order valence-electron chi connectivity index (χ3n) is 3.07. The molecule has 0 spiro atoms. The predicted molar refractivity (Wildman–Crippen MR) is 74.5 cm³/mol. The lowest BCUT2D eigenvalue weighted by Gasteiger charge is -2.06. The average Bonchev–Trinajstić information content (AvgIpc) is 2.81. The Balaban J connectivity index is 2.27. The van der Waals surface area contributed by atoms with Crippen LogP contribution in [0.25, 0.3) is 22.3 Å². The molecule has 96 valence electrons. The van der Waals surface area contributed by atoms with Crippen LogP contribution in [0.5, 0.6) is 0 Å². The molecule has 0 atom stereocenters. The Morgan fingerprint density at radius 1 is 1.26 bits per heavy atom. The van der Waals surface area contributed by atoms with E-state index in [1.165, 1.54) is 0 Å². The second-order valence-electron chi connectivity index (χ2n) is 4.43. The Hall–Kier alpha value is -2.27. The average molecular weight is 253 g/mol. The van der Waals surface area contributed by atoms with E-state index in [4.69, 9.17) is 5.73 Å². The Morgan fingerprint density at radius 3 is 2.89 bits per heavy atom. The molecule has 0 amide bonds. The van der Waals surface area contributed by atoms with Crippen molar-refractivity contribution in [2.75, 3.05) is 6.54 Å². The van der Waals surface area contributed by atoms with Crippen molar-refractivity contribution in [2.24, 2.45) is 12.8 Å². The summed E-state index contributed by atoms with van der Waals surface area (Å²) in [6.07, 6.45) is 6.24. The number of nitrogens with two attached hydrogens (primary N) is 1. The Labute approximate surface area is 111 Å². The summed E-state index contributed by atoms with van der Waals surface area (Å²) < 4.78 is 2.00. The molecular weight excluding hydrogens is 238 g/mol. The molecule has 0 saturated heterocycles. The van der Waals surface area contributed by atoms with Gasteiger partial charge in [-0.15, -0.1) is 0 Å². The highest BCUT2D eigenvalue weighted by molar-refractivity contribution is 5.90. The summed E-state index contributed by atoms with van der Waals surface area (Å²) in [6, 6.07) is 5.95. The van der Waals surface area contributed by atoms with Crippen molar-refractivity contribution in [3.63, 3.8) is 0 Å². The number of rotatable bonds is 3. The van der Waals surface area contributed by atoms with Crippen molar-refractivity contribution >= 4 is 11.0 Å². The number of nitrogens with zero attached hydrogens (tertiary/aromatic N) is 4. The monoisotopic (exact) mass is 253 g/mol. The molecule has 0 aromatic carbocycles. The molecule has 5 heteroatoms. The van der Waals surface area contributed by atoms with Gasteiger partial charge in [0.2, 0.25) is 0 Å². The number of aryl methyl sites for hydroxylation is 1. The fourth-order valence-corrected chi connectivity index (χ4v) is 2.15. The minimum Gasteiger partial charge on any atom is -0.335 e. The highest BCUT2D eigenvalue weighted by Gasteiger charge is 2.11. The van der Waals surface area contributed by atoms with Gasteiger partial charge in [0, 0.05) is 43.0 Å². The van der Waals surface area contributed by atoms with Crippen LogP contribution in [0, 0.1) is 0 Å². The van der Waals surface area contributed by atoms with Gasteiger partial charge in [-0.3, -0.25) is 4.98 Å². The number of hydrogen-bond acceptors (Lipinski definition) is 4. The lowest BCUT2D eigenvalue weighted by Crippen LogP contribution is -2.08. The van der Waals surface area contributed by atoms with Crippen molar-refractivity contribution in [3.8, 4) is 11.3 Å². The molecule has 0 saturated carbocycles. The van der Waals surface area contributed by atoms with E-state index in [9.17, 15) is 0 Å². The van der Waals surface area contributed by atoms with Crippen LogP contribution in [0.15, 0.2) is 36.8 Å². The van der Waals surface area contributed by atoms with Crippen LogP contribution in [-0.2, 0) is 13.5 Å². The minimum absolute atomic E-state index is 0.544. The maximum Gasteiger partial charge on any atom is 0.144 e. The minimum atomic E-state index is 0.544. The first-order chi connectivity index (χ1) is 9.29. The Kier molecular flexibility index (Phi) is 2.97. The molecule has 0 unspecified atom stereocenters. The highest BCUT2D eigenvalue weighted by Crippen LogP contribution is 2.25. The fraction of sp³-hybridized carbons (Fsp3) is 0.214. The van der Waals surface area contributed by atoms with Crippen molar-refractivity contribution in [3.05, 3.63) is 42.6 Å². The molecule has 0 radical (unpaired) electrons. The Morgan fingerprint density at radius 2 is 2.16 bits per heavy atom. The van der Waals surface area contributed by atoms with Gasteiger partial charge in [0.15, 0.2) is 0 Å². The molecule has 19 heavy (non-hydrogen) atoms. The summed E-state index contributed by atoms with van der Waals surface area (Å²) >= 11 is 0. The smallest absolute Gasteiger partial charge is 0.144 e. The molecule has 3 aromatic heterocycles. The van der Waals surface area contributed by atoms with Crippen LogP contribution in [0.3, 0.4) is 0 Å². The molecule has 0 aliphatic heterocycles. The topological polar surface area (TPSA) is 69.6 Å². The first-order valence-electron chi connectivity index (χ1n) is 6.22. The van der Waals surface area contributed by atoms with Crippen molar-refractivity contribution in [2.45, 2.75) is 6.42 Å². The van der Waals surface area contributed by atoms with Crippen molar-refractivity contribution < 1.29 is 0 Å². The van der Waals surface area contributed by atoms with E-state index in [0.717, 1.165) is 28.1 Å². The zero-order valence-electron chi connectivity index (χ0n) is 10.7.